The Morgan fingerprint density at radius 1 is 1.10 bits per heavy atom. The van der Waals surface area contributed by atoms with Crippen molar-refractivity contribution in [2.45, 2.75) is 39.2 Å². The average molecular weight is 411 g/mol. The number of ether oxygens (including phenoxy) is 3. The second-order valence-corrected chi connectivity index (χ2v) is 7.30. The van der Waals surface area contributed by atoms with Crippen molar-refractivity contribution < 1.29 is 19.0 Å². The molecule has 0 radical (unpaired) electrons. The second-order valence-electron chi connectivity index (χ2n) is 7.30. The van der Waals surface area contributed by atoms with Gasteiger partial charge in [0, 0.05) is 17.1 Å². The van der Waals surface area contributed by atoms with Gasteiger partial charge in [0.25, 0.3) is 0 Å². The third-order valence-electron chi connectivity index (χ3n) is 5.15. The number of carbonyl (C=O) groups is 1. The minimum absolute atomic E-state index is 0.0477. The standard InChI is InChI=1S/C24H30N2O4/c1-5-6-11-30-22-10-7-17(12-23(22)29-4)16(2)26-24(27)13-18-15-25-21-9-8-19(28-3)14-20(18)21/h7-10,12,14-16,25H,5-6,11,13H2,1-4H3,(H,26,27). The first-order valence-electron chi connectivity index (χ1n) is 10.3. The van der Waals surface area contributed by atoms with Crippen LogP contribution >= 0.6 is 0 Å². The number of aromatic amines is 1. The highest BCUT2D eigenvalue weighted by Crippen LogP contribution is 2.30. The summed E-state index contributed by atoms with van der Waals surface area (Å²) in [7, 11) is 3.26. The molecule has 1 heterocycles. The number of benzene rings is 2. The van der Waals surface area contributed by atoms with Gasteiger partial charge in [0.05, 0.1) is 33.3 Å². The van der Waals surface area contributed by atoms with Crippen molar-refractivity contribution in [3.63, 3.8) is 0 Å². The Labute approximate surface area is 177 Å². The SMILES string of the molecule is CCCCOc1ccc(C(C)NC(=O)Cc2c[nH]c3ccc(OC)cc23)cc1OC. The molecule has 0 saturated heterocycles. The molecular formula is C24H30N2O4. The summed E-state index contributed by atoms with van der Waals surface area (Å²) in [6, 6.07) is 11.4. The first-order chi connectivity index (χ1) is 14.5. The molecule has 1 atom stereocenters. The van der Waals surface area contributed by atoms with Crippen molar-refractivity contribution in [3.8, 4) is 17.2 Å². The number of aromatic nitrogens is 1. The molecular weight excluding hydrogens is 380 g/mol. The lowest BCUT2D eigenvalue weighted by Crippen LogP contribution is -2.28. The van der Waals surface area contributed by atoms with Gasteiger partial charge in [-0.2, -0.15) is 0 Å². The van der Waals surface area contributed by atoms with Crippen molar-refractivity contribution in [1.29, 1.82) is 0 Å². The van der Waals surface area contributed by atoms with E-state index < -0.39 is 0 Å². The normalized spacial score (nSPS) is 11.9. The van der Waals surface area contributed by atoms with Gasteiger partial charge < -0.3 is 24.5 Å². The van der Waals surface area contributed by atoms with Crippen molar-refractivity contribution in [2.75, 3.05) is 20.8 Å². The van der Waals surface area contributed by atoms with Crippen molar-refractivity contribution >= 4 is 16.8 Å². The summed E-state index contributed by atoms with van der Waals surface area (Å²) in [5.74, 6) is 2.12. The first kappa shape index (κ1) is 21.6. The average Bonchev–Trinajstić information content (AvgIpc) is 3.15. The largest absolute Gasteiger partial charge is 0.497 e. The van der Waals surface area contributed by atoms with Gasteiger partial charge in [0.1, 0.15) is 5.75 Å². The highest BCUT2D eigenvalue weighted by Gasteiger charge is 2.15. The Hall–Kier alpha value is -3.15. The number of H-pyrrole nitrogens is 1. The van der Waals surface area contributed by atoms with Crippen LogP contribution in [0.4, 0.5) is 0 Å². The van der Waals surface area contributed by atoms with Gasteiger partial charge in [-0.15, -0.1) is 0 Å². The molecule has 0 bridgehead atoms. The molecule has 1 aromatic heterocycles. The molecule has 0 fully saturated rings. The van der Waals surface area contributed by atoms with Crippen LogP contribution in [0, 0.1) is 0 Å². The number of nitrogens with one attached hydrogen (secondary N) is 2. The molecule has 0 aliphatic heterocycles. The molecule has 3 aromatic rings. The van der Waals surface area contributed by atoms with E-state index in [1.165, 1.54) is 0 Å². The number of carbonyl (C=O) groups excluding carboxylic acids is 1. The van der Waals surface area contributed by atoms with E-state index in [4.69, 9.17) is 14.2 Å². The predicted octanol–water partition coefficient (Wildman–Crippen LogP) is 4.78. The number of rotatable bonds is 10. The van der Waals surface area contributed by atoms with Crippen LogP contribution in [0.5, 0.6) is 17.2 Å². The summed E-state index contributed by atoms with van der Waals surface area (Å²) in [6.45, 7) is 4.75. The molecule has 6 nitrogen and oxygen atoms in total. The Morgan fingerprint density at radius 3 is 2.67 bits per heavy atom. The molecule has 0 aliphatic rings. The van der Waals surface area contributed by atoms with Crippen molar-refractivity contribution in [1.82, 2.24) is 10.3 Å². The van der Waals surface area contributed by atoms with E-state index in [9.17, 15) is 4.79 Å². The third kappa shape index (κ3) is 5.06. The highest BCUT2D eigenvalue weighted by molar-refractivity contribution is 5.89. The van der Waals surface area contributed by atoms with E-state index in [1.807, 2.05) is 49.5 Å². The van der Waals surface area contributed by atoms with Gasteiger partial charge in [0.2, 0.25) is 5.91 Å². The van der Waals surface area contributed by atoms with Crippen LogP contribution in [0.25, 0.3) is 10.9 Å². The van der Waals surface area contributed by atoms with Crippen LogP contribution in [0.15, 0.2) is 42.6 Å². The van der Waals surface area contributed by atoms with Crippen LogP contribution in [0.2, 0.25) is 0 Å². The second kappa shape index (κ2) is 10.1. The van der Waals surface area contributed by atoms with E-state index in [1.54, 1.807) is 14.2 Å². The maximum atomic E-state index is 12.7. The third-order valence-corrected chi connectivity index (χ3v) is 5.15. The number of methoxy groups -OCH3 is 2. The molecule has 1 amide bonds. The summed E-state index contributed by atoms with van der Waals surface area (Å²) in [6.07, 6.45) is 4.23. The lowest BCUT2D eigenvalue weighted by Gasteiger charge is -2.17. The van der Waals surface area contributed by atoms with Crippen LogP contribution in [-0.4, -0.2) is 31.7 Å². The molecule has 0 aliphatic carbocycles. The summed E-state index contributed by atoms with van der Waals surface area (Å²) in [5.41, 5.74) is 2.88. The van der Waals surface area contributed by atoms with Crippen LogP contribution in [0.1, 0.15) is 43.9 Å². The summed E-state index contributed by atoms with van der Waals surface area (Å²) in [5, 5.41) is 4.06. The monoisotopic (exact) mass is 410 g/mol. The topological polar surface area (TPSA) is 72.6 Å². The Bertz CT molecular complexity index is 996. The van der Waals surface area contributed by atoms with Gasteiger partial charge in [-0.05, 0) is 54.8 Å². The summed E-state index contributed by atoms with van der Waals surface area (Å²) in [4.78, 5) is 15.9. The maximum absolute atomic E-state index is 12.7. The van der Waals surface area contributed by atoms with Crippen molar-refractivity contribution in [3.05, 3.63) is 53.7 Å². The van der Waals surface area contributed by atoms with Crippen LogP contribution < -0.4 is 19.5 Å². The van der Waals surface area contributed by atoms with E-state index in [0.29, 0.717) is 12.4 Å². The molecule has 30 heavy (non-hydrogen) atoms. The molecule has 2 aromatic carbocycles. The molecule has 0 saturated carbocycles. The Kier molecular flexibility index (Phi) is 7.22. The van der Waals surface area contributed by atoms with Gasteiger partial charge in [-0.3, -0.25) is 4.79 Å². The maximum Gasteiger partial charge on any atom is 0.224 e. The minimum atomic E-state index is -0.157. The smallest absolute Gasteiger partial charge is 0.224 e. The number of hydrogen-bond donors (Lipinski definition) is 2. The number of fused-ring (bicyclic) bond motifs is 1. The van der Waals surface area contributed by atoms with E-state index in [2.05, 4.69) is 17.2 Å². The zero-order valence-corrected chi connectivity index (χ0v) is 18.1. The number of hydrogen-bond acceptors (Lipinski definition) is 4. The van der Waals surface area contributed by atoms with Gasteiger partial charge in [0.15, 0.2) is 11.5 Å². The molecule has 6 heteroatoms. The van der Waals surface area contributed by atoms with E-state index in [-0.39, 0.29) is 18.4 Å². The Morgan fingerprint density at radius 2 is 1.93 bits per heavy atom. The summed E-state index contributed by atoms with van der Waals surface area (Å²) < 4.78 is 16.6. The molecule has 3 rings (SSSR count). The van der Waals surface area contributed by atoms with Gasteiger partial charge in [-0.1, -0.05) is 19.4 Å². The molecule has 160 valence electrons. The van der Waals surface area contributed by atoms with Crippen LogP contribution in [-0.2, 0) is 11.2 Å². The van der Waals surface area contributed by atoms with E-state index >= 15 is 0 Å². The first-order valence-corrected chi connectivity index (χ1v) is 10.3. The lowest BCUT2D eigenvalue weighted by molar-refractivity contribution is -0.121. The minimum Gasteiger partial charge on any atom is -0.497 e. The van der Waals surface area contributed by atoms with Crippen molar-refractivity contribution in [2.24, 2.45) is 0 Å². The van der Waals surface area contributed by atoms with Crippen LogP contribution in [0.3, 0.4) is 0 Å². The fourth-order valence-electron chi connectivity index (χ4n) is 3.38. The number of unbranched alkanes of at least 4 members (excludes halogenated alkanes) is 1. The molecule has 2 N–H and O–H groups in total. The highest BCUT2D eigenvalue weighted by atomic mass is 16.5. The zero-order chi connectivity index (χ0) is 21.5. The fraction of sp³-hybridized carbons (Fsp3) is 0.375. The van der Waals surface area contributed by atoms with Gasteiger partial charge in [-0.25, -0.2) is 0 Å². The Balaban J connectivity index is 1.67. The fourth-order valence-corrected chi connectivity index (χ4v) is 3.38. The number of amides is 1. The molecule has 1 unspecified atom stereocenters. The van der Waals surface area contributed by atoms with Gasteiger partial charge >= 0.3 is 0 Å². The van der Waals surface area contributed by atoms with E-state index in [0.717, 1.165) is 46.4 Å². The zero-order valence-electron chi connectivity index (χ0n) is 18.1. The quantitative estimate of drug-likeness (QED) is 0.472. The lowest BCUT2D eigenvalue weighted by atomic mass is 10.1. The molecule has 0 spiro atoms. The summed E-state index contributed by atoms with van der Waals surface area (Å²) >= 11 is 0. The predicted molar refractivity (Wildman–Crippen MR) is 119 cm³/mol.